The van der Waals surface area contributed by atoms with Crippen molar-refractivity contribution in [2.75, 3.05) is 6.54 Å². The van der Waals surface area contributed by atoms with Crippen molar-refractivity contribution in [1.82, 2.24) is 24.6 Å². The van der Waals surface area contributed by atoms with E-state index in [1.807, 2.05) is 23.1 Å². The number of hydrogen-bond donors (Lipinski definition) is 0. The normalized spacial score (nSPS) is 17.0. The maximum atomic E-state index is 13.0. The molecular formula is C19H19N5O. The van der Waals surface area contributed by atoms with Crippen LogP contribution in [0.2, 0.25) is 0 Å². The Kier molecular flexibility index (Phi) is 4.24. The predicted molar refractivity (Wildman–Crippen MR) is 93.4 cm³/mol. The molecule has 1 saturated heterocycles. The highest BCUT2D eigenvalue weighted by Gasteiger charge is 2.29. The molecule has 0 N–H and O–H groups in total. The van der Waals surface area contributed by atoms with Gasteiger partial charge in [0.1, 0.15) is 12.7 Å². The van der Waals surface area contributed by atoms with Gasteiger partial charge in [0.05, 0.1) is 0 Å². The van der Waals surface area contributed by atoms with Gasteiger partial charge in [-0.2, -0.15) is 5.10 Å². The molecule has 2 aromatic heterocycles. The molecule has 25 heavy (non-hydrogen) atoms. The first-order chi connectivity index (χ1) is 12.3. The Labute approximate surface area is 146 Å². The van der Waals surface area contributed by atoms with E-state index >= 15 is 0 Å². The van der Waals surface area contributed by atoms with Crippen LogP contribution in [0.1, 0.15) is 28.8 Å². The molecule has 0 saturated carbocycles. The number of nitrogens with zero attached hydrogens (tertiary/aromatic N) is 5. The molecule has 4 rings (SSSR count). The highest BCUT2D eigenvalue weighted by atomic mass is 16.2. The molecule has 3 aromatic rings. The smallest absolute Gasteiger partial charge is 0.254 e. The fourth-order valence-corrected chi connectivity index (χ4v) is 3.37. The lowest BCUT2D eigenvalue weighted by Gasteiger charge is -2.25. The third kappa shape index (κ3) is 3.28. The van der Waals surface area contributed by atoms with Crippen LogP contribution in [0, 0.1) is 0 Å². The second-order valence-electron chi connectivity index (χ2n) is 6.23. The summed E-state index contributed by atoms with van der Waals surface area (Å²) in [7, 11) is 0. The molecule has 0 radical (unpaired) electrons. The Morgan fingerprint density at radius 3 is 2.88 bits per heavy atom. The number of carbonyl (C=O) groups excluding carboxylic acids is 1. The van der Waals surface area contributed by atoms with Crippen molar-refractivity contribution in [2.24, 2.45) is 0 Å². The number of hydrogen-bond acceptors (Lipinski definition) is 4. The summed E-state index contributed by atoms with van der Waals surface area (Å²) >= 11 is 0. The lowest BCUT2D eigenvalue weighted by atomic mass is 10.0. The van der Waals surface area contributed by atoms with Gasteiger partial charge >= 0.3 is 0 Å². The van der Waals surface area contributed by atoms with Gasteiger partial charge in [-0.25, -0.2) is 14.6 Å². The quantitative estimate of drug-likeness (QED) is 0.736. The summed E-state index contributed by atoms with van der Waals surface area (Å²) in [6.45, 7) is 0.803. The number of rotatable bonds is 4. The van der Waals surface area contributed by atoms with E-state index in [1.54, 1.807) is 29.3 Å². The van der Waals surface area contributed by atoms with Gasteiger partial charge in [0.15, 0.2) is 5.82 Å². The van der Waals surface area contributed by atoms with Gasteiger partial charge in [0.2, 0.25) is 0 Å². The molecule has 1 aromatic carbocycles. The largest absolute Gasteiger partial charge is 0.335 e. The summed E-state index contributed by atoms with van der Waals surface area (Å²) < 4.78 is 1.56. The lowest BCUT2D eigenvalue weighted by Crippen LogP contribution is -2.36. The number of pyridine rings is 1. The third-order valence-electron chi connectivity index (χ3n) is 4.60. The molecule has 1 amide bonds. The van der Waals surface area contributed by atoms with E-state index in [2.05, 4.69) is 27.2 Å². The van der Waals surface area contributed by atoms with Crippen LogP contribution in [0.25, 0.3) is 5.82 Å². The van der Waals surface area contributed by atoms with Crippen LogP contribution < -0.4 is 0 Å². The average molecular weight is 333 g/mol. The molecule has 3 heterocycles. The van der Waals surface area contributed by atoms with Gasteiger partial charge in [-0.05, 0) is 37.0 Å². The Morgan fingerprint density at radius 2 is 2.08 bits per heavy atom. The second-order valence-corrected chi connectivity index (χ2v) is 6.23. The van der Waals surface area contributed by atoms with Crippen molar-refractivity contribution in [3.8, 4) is 5.82 Å². The molecule has 1 atom stereocenters. The molecule has 1 aliphatic rings. The lowest BCUT2D eigenvalue weighted by molar-refractivity contribution is 0.0736. The van der Waals surface area contributed by atoms with E-state index in [0.717, 1.165) is 25.8 Å². The Balaban J connectivity index is 1.54. The van der Waals surface area contributed by atoms with Crippen LogP contribution in [0.15, 0.2) is 61.3 Å². The topological polar surface area (TPSA) is 63.9 Å². The first-order valence-corrected chi connectivity index (χ1v) is 8.47. The van der Waals surface area contributed by atoms with Crippen LogP contribution >= 0.6 is 0 Å². The van der Waals surface area contributed by atoms with E-state index in [9.17, 15) is 4.79 Å². The number of aromatic nitrogens is 4. The first-order valence-electron chi connectivity index (χ1n) is 8.47. The zero-order valence-electron chi connectivity index (χ0n) is 13.8. The minimum atomic E-state index is 0.0576. The second kappa shape index (κ2) is 6.84. The van der Waals surface area contributed by atoms with Crippen molar-refractivity contribution >= 4 is 5.91 Å². The van der Waals surface area contributed by atoms with E-state index in [0.29, 0.717) is 11.4 Å². The Bertz CT molecular complexity index is 847. The summed E-state index contributed by atoms with van der Waals surface area (Å²) in [4.78, 5) is 23.2. The molecule has 1 aliphatic heterocycles. The highest BCUT2D eigenvalue weighted by molar-refractivity contribution is 5.95. The van der Waals surface area contributed by atoms with E-state index in [4.69, 9.17) is 0 Å². The molecule has 0 aliphatic carbocycles. The van der Waals surface area contributed by atoms with Crippen molar-refractivity contribution < 1.29 is 4.79 Å². The molecule has 1 fully saturated rings. The minimum Gasteiger partial charge on any atom is -0.335 e. The first kappa shape index (κ1) is 15.5. The van der Waals surface area contributed by atoms with Crippen LogP contribution in [-0.4, -0.2) is 43.1 Å². The van der Waals surface area contributed by atoms with Gasteiger partial charge < -0.3 is 4.90 Å². The zero-order chi connectivity index (χ0) is 17.1. The molecule has 6 nitrogen and oxygen atoms in total. The maximum Gasteiger partial charge on any atom is 0.254 e. The number of benzene rings is 1. The summed E-state index contributed by atoms with van der Waals surface area (Å²) in [5.41, 5.74) is 1.91. The maximum absolute atomic E-state index is 13.0. The molecule has 0 spiro atoms. The summed E-state index contributed by atoms with van der Waals surface area (Å²) in [5.74, 6) is 0.657. The summed E-state index contributed by atoms with van der Waals surface area (Å²) in [5, 5.41) is 4.07. The van der Waals surface area contributed by atoms with Crippen molar-refractivity contribution in [3.05, 3.63) is 72.4 Å². The molecule has 6 heteroatoms. The number of likely N-dealkylation sites (tertiary alicyclic amines) is 1. The minimum absolute atomic E-state index is 0.0576. The van der Waals surface area contributed by atoms with Crippen molar-refractivity contribution in [2.45, 2.75) is 25.3 Å². The van der Waals surface area contributed by atoms with Gasteiger partial charge in [0.25, 0.3) is 5.91 Å². The number of carbonyl (C=O) groups is 1. The summed E-state index contributed by atoms with van der Waals surface area (Å²) in [6, 6.07) is 14.1. The zero-order valence-corrected chi connectivity index (χ0v) is 13.8. The van der Waals surface area contributed by atoms with Gasteiger partial charge in [-0.15, -0.1) is 0 Å². The van der Waals surface area contributed by atoms with Crippen molar-refractivity contribution in [3.63, 3.8) is 0 Å². The van der Waals surface area contributed by atoms with Crippen LogP contribution in [0.5, 0.6) is 0 Å². The molecule has 126 valence electrons. The molecule has 1 unspecified atom stereocenters. The molecular weight excluding hydrogens is 314 g/mol. The van der Waals surface area contributed by atoms with Crippen molar-refractivity contribution in [1.29, 1.82) is 0 Å². The average Bonchev–Trinajstić information content (AvgIpc) is 3.34. The van der Waals surface area contributed by atoms with E-state index in [-0.39, 0.29) is 11.9 Å². The fourth-order valence-electron chi connectivity index (χ4n) is 3.37. The van der Waals surface area contributed by atoms with Crippen LogP contribution in [-0.2, 0) is 6.42 Å². The van der Waals surface area contributed by atoms with E-state index in [1.165, 1.54) is 11.9 Å². The standard InChI is InChI=1S/C19H19N5O/c25-19(16-8-9-21-18(12-16)24-14-20-13-22-24)23-10-4-7-17(23)11-15-5-2-1-3-6-15/h1-3,5-6,8-9,12-14,17H,4,7,10-11H2. The monoisotopic (exact) mass is 333 g/mol. The summed E-state index contributed by atoms with van der Waals surface area (Å²) in [6.07, 6.45) is 7.66. The van der Waals surface area contributed by atoms with Crippen LogP contribution in [0.4, 0.5) is 0 Å². The van der Waals surface area contributed by atoms with E-state index < -0.39 is 0 Å². The molecule has 0 bridgehead atoms. The fraction of sp³-hybridized carbons (Fsp3) is 0.263. The highest BCUT2D eigenvalue weighted by Crippen LogP contribution is 2.23. The predicted octanol–water partition coefficient (Wildman–Crippen LogP) is 2.51. The van der Waals surface area contributed by atoms with Gasteiger partial charge in [-0.3, -0.25) is 4.79 Å². The Morgan fingerprint density at radius 1 is 1.20 bits per heavy atom. The van der Waals surface area contributed by atoms with Crippen LogP contribution in [0.3, 0.4) is 0 Å². The third-order valence-corrected chi connectivity index (χ3v) is 4.60. The van der Waals surface area contributed by atoms with Gasteiger partial charge in [0, 0.05) is 24.3 Å². The number of amides is 1. The van der Waals surface area contributed by atoms with Gasteiger partial charge in [-0.1, -0.05) is 30.3 Å². The Hall–Kier alpha value is -3.02. The SMILES string of the molecule is O=C(c1ccnc(-n2cncn2)c1)N1CCCC1Cc1ccccc1.